The van der Waals surface area contributed by atoms with Gasteiger partial charge in [-0.25, -0.2) is 9.97 Å². The van der Waals surface area contributed by atoms with Crippen molar-refractivity contribution in [2.45, 2.75) is 12.8 Å². The SMILES string of the molecule is O=C(Nc1cc(N2CCOCC2)ncn1)C1CCN(c2ccc(-c3ccccc3)nn2)CC1. The van der Waals surface area contributed by atoms with Crippen LogP contribution >= 0.6 is 0 Å². The number of hydrogen-bond acceptors (Lipinski definition) is 8. The normalized spacial score (nSPS) is 17.1. The number of carbonyl (C=O) groups is 1. The molecule has 2 aromatic heterocycles. The molecule has 4 heterocycles. The fourth-order valence-electron chi connectivity index (χ4n) is 4.24. The van der Waals surface area contributed by atoms with Crippen molar-refractivity contribution in [2.75, 3.05) is 54.5 Å². The third-order valence-corrected chi connectivity index (χ3v) is 6.15. The van der Waals surface area contributed by atoms with Crippen LogP contribution in [0.5, 0.6) is 0 Å². The lowest BCUT2D eigenvalue weighted by Gasteiger charge is -2.31. The number of morpholine rings is 1. The summed E-state index contributed by atoms with van der Waals surface area (Å²) < 4.78 is 5.39. The van der Waals surface area contributed by atoms with Gasteiger partial charge in [-0.2, -0.15) is 0 Å². The van der Waals surface area contributed by atoms with E-state index in [-0.39, 0.29) is 11.8 Å². The van der Waals surface area contributed by atoms with Gasteiger partial charge in [0.05, 0.1) is 18.9 Å². The van der Waals surface area contributed by atoms with Crippen LogP contribution in [0.25, 0.3) is 11.3 Å². The maximum Gasteiger partial charge on any atom is 0.228 e. The highest BCUT2D eigenvalue weighted by molar-refractivity contribution is 5.92. The number of amides is 1. The fraction of sp³-hybridized carbons (Fsp3) is 0.375. The molecule has 33 heavy (non-hydrogen) atoms. The number of piperidine rings is 1. The summed E-state index contributed by atoms with van der Waals surface area (Å²) in [4.78, 5) is 25.8. The predicted octanol–water partition coefficient (Wildman–Crippen LogP) is 2.63. The Morgan fingerprint density at radius 2 is 1.64 bits per heavy atom. The molecule has 0 aliphatic carbocycles. The fourth-order valence-corrected chi connectivity index (χ4v) is 4.24. The van der Waals surface area contributed by atoms with Gasteiger partial charge in [-0.3, -0.25) is 4.79 Å². The molecule has 0 bridgehead atoms. The van der Waals surface area contributed by atoms with Crippen molar-refractivity contribution in [1.82, 2.24) is 20.2 Å². The van der Waals surface area contributed by atoms with Crippen molar-refractivity contribution >= 4 is 23.4 Å². The van der Waals surface area contributed by atoms with Crippen LogP contribution in [0.4, 0.5) is 17.5 Å². The topological polar surface area (TPSA) is 96.4 Å². The zero-order chi connectivity index (χ0) is 22.5. The van der Waals surface area contributed by atoms with Crippen LogP contribution in [0.3, 0.4) is 0 Å². The van der Waals surface area contributed by atoms with Gasteiger partial charge >= 0.3 is 0 Å². The van der Waals surface area contributed by atoms with Gasteiger partial charge in [0, 0.05) is 43.7 Å². The van der Waals surface area contributed by atoms with Gasteiger partial charge in [0.1, 0.15) is 18.0 Å². The second kappa shape index (κ2) is 9.91. The number of ether oxygens (including phenoxy) is 1. The van der Waals surface area contributed by atoms with Crippen molar-refractivity contribution in [1.29, 1.82) is 0 Å². The Morgan fingerprint density at radius 1 is 0.879 bits per heavy atom. The Morgan fingerprint density at radius 3 is 2.36 bits per heavy atom. The number of carbonyl (C=O) groups excluding carboxylic acids is 1. The van der Waals surface area contributed by atoms with Crippen molar-refractivity contribution in [3.8, 4) is 11.3 Å². The van der Waals surface area contributed by atoms with Crippen molar-refractivity contribution in [3.63, 3.8) is 0 Å². The van der Waals surface area contributed by atoms with Gasteiger partial charge in [-0.15, -0.1) is 10.2 Å². The first-order valence-corrected chi connectivity index (χ1v) is 11.4. The molecule has 0 radical (unpaired) electrons. The Hall–Kier alpha value is -3.59. The Labute approximate surface area is 192 Å². The second-order valence-electron chi connectivity index (χ2n) is 8.25. The molecule has 9 heteroatoms. The molecule has 1 amide bonds. The minimum absolute atomic E-state index is 0.00628. The average molecular weight is 446 g/mol. The van der Waals surface area contributed by atoms with Gasteiger partial charge in [0.2, 0.25) is 5.91 Å². The van der Waals surface area contributed by atoms with E-state index in [1.165, 1.54) is 6.33 Å². The van der Waals surface area contributed by atoms with Crippen LogP contribution in [0, 0.1) is 5.92 Å². The molecule has 2 aliphatic heterocycles. The molecule has 0 atom stereocenters. The quantitative estimate of drug-likeness (QED) is 0.640. The molecule has 3 aromatic rings. The van der Waals surface area contributed by atoms with E-state index in [1.54, 1.807) is 0 Å². The van der Waals surface area contributed by atoms with Gasteiger partial charge in [0.15, 0.2) is 5.82 Å². The summed E-state index contributed by atoms with van der Waals surface area (Å²) in [6.07, 6.45) is 3.02. The van der Waals surface area contributed by atoms with Crippen LogP contribution in [0.1, 0.15) is 12.8 Å². The lowest BCUT2D eigenvalue weighted by Crippen LogP contribution is -2.39. The van der Waals surface area contributed by atoms with Crippen molar-refractivity contribution in [3.05, 3.63) is 54.9 Å². The smallest absolute Gasteiger partial charge is 0.228 e. The van der Waals surface area contributed by atoms with E-state index in [0.29, 0.717) is 19.0 Å². The molecular weight excluding hydrogens is 418 g/mol. The summed E-state index contributed by atoms with van der Waals surface area (Å²) in [6.45, 7) is 4.48. The number of hydrogen-bond donors (Lipinski definition) is 1. The Kier molecular flexibility index (Phi) is 6.39. The van der Waals surface area contributed by atoms with Gasteiger partial charge in [-0.05, 0) is 25.0 Å². The number of nitrogens with zero attached hydrogens (tertiary/aromatic N) is 6. The maximum absolute atomic E-state index is 12.8. The molecule has 1 aromatic carbocycles. The number of nitrogens with one attached hydrogen (secondary N) is 1. The molecule has 0 saturated carbocycles. The molecular formula is C24H27N7O2. The Balaban J connectivity index is 1.15. The zero-order valence-corrected chi connectivity index (χ0v) is 18.4. The molecule has 9 nitrogen and oxygen atoms in total. The number of aromatic nitrogens is 4. The van der Waals surface area contributed by atoms with E-state index in [1.807, 2.05) is 48.5 Å². The highest BCUT2D eigenvalue weighted by Gasteiger charge is 2.26. The zero-order valence-electron chi connectivity index (χ0n) is 18.4. The largest absolute Gasteiger partial charge is 0.378 e. The molecule has 0 unspecified atom stereocenters. The van der Waals surface area contributed by atoms with E-state index < -0.39 is 0 Å². The summed E-state index contributed by atoms with van der Waals surface area (Å²) in [7, 11) is 0. The monoisotopic (exact) mass is 445 g/mol. The van der Waals surface area contributed by atoms with Crippen LogP contribution < -0.4 is 15.1 Å². The minimum Gasteiger partial charge on any atom is -0.378 e. The Bertz CT molecular complexity index is 1060. The molecule has 2 fully saturated rings. The lowest BCUT2D eigenvalue weighted by atomic mass is 9.96. The lowest BCUT2D eigenvalue weighted by molar-refractivity contribution is -0.120. The molecule has 1 N–H and O–H groups in total. The number of benzene rings is 1. The molecule has 2 aliphatic rings. The van der Waals surface area contributed by atoms with Gasteiger partial charge in [0.25, 0.3) is 0 Å². The van der Waals surface area contributed by atoms with Crippen LogP contribution in [0.15, 0.2) is 54.9 Å². The van der Waals surface area contributed by atoms with E-state index in [0.717, 1.165) is 61.9 Å². The second-order valence-corrected chi connectivity index (χ2v) is 8.25. The number of anilines is 3. The minimum atomic E-state index is -0.0559. The highest BCUT2D eigenvalue weighted by atomic mass is 16.5. The van der Waals surface area contributed by atoms with Crippen LogP contribution in [-0.4, -0.2) is 65.5 Å². The molecule has 0 spiro atoms. The molecule has 2 saturated heterocycles. The first-order valence-electron chi connectivity index (χ1n) is 11.4. The van der Waals surface area contributed by atoms with E-state index in [4.69, 9.17) is 4.74 Å². The predicted molar refractivity (Wildman–Crippen MR) is 126 cm³/mol. The number of rotatable bonds is 5. The average Bonchev–Trinajstić information content (AvgIpc) is 2.90. The first kappa shape index (κ1) is 21.3. The van der Waals surface area contributed by atoms with Gasteiger partial charge < -0.3 is 19.9 Å². The van der Waals surface area contributed by atoms with E-state index >= 15 is 0 Å². The van der Waals surface area contributed by atoms with Crippen LogP contribution in [0.2, 0.25) is 0 Å². The summed E-state index contributed by atoms with van der Waals surface area (Å²) in [6, 6.07) is 15.9. The maximum atomic E-state index is 12.8. The standard InChI is InChI=1S/C24H27N7O2/c32-24(27-21-16-23(26-17-25-21)31-12-14-33-15-13-31)19-8-10-30(11-9-19)22-7-6-20(28-29-22)18-4-2-1-3-5-18/h1-7,16-17,19H,8-15H2,(H,25,26,27,32). The highest BCUT2D eigenvalue weighted by Crippen LogP contribution is 2.24. The third-order valence-electron chi connectivity index (χ3n) is 6.15. The summed E-state index contributed by atoms with van der Waals surface area (Å²) in [5.41, 5.74) is 1.91. The van der Waals surface area contributed by atoms with Crippen LogP contribution in [-0.2, 0) is 9.53 Å². The third kappa shape index (κ3) is 5.09. The molecule has 5 rings (SSSR count). The molecule has 170 valence electrons. The summed E-state index contributed by atoms with van der Waals surface area (Å²) in [5, 5.41) is 11.8. The summed E-state index contributed by atoms with van der Waals surface area (Å²) >= 11 is 0. The van der Waals surface area contributed by atoms with E-state index in [9.17, 15) is 4.79 Å². The van der Waals surface area contributed by atoms with Gasteiger partial charge in [-0.1, -0.05) is 30.3 Å². The van der Waals surface area contributed by atoms with Crippen molar-refractivity contribution in [2.24, 2.45) is 5.92 Å². The summed E-state index contributed by atoms with van der Waals surface area (Å²) in [5.74, 6) is 2.16. The van der Waals surface area contributed by atoms with E-state index in [2.05, 4.69) is 35.3 Å². The first-order chi connectivity index (χ1) is 16.3. The van der Waals surface area contributed by atoms with Crippen molar-refractivity contribution < 1.29 is 9.53 Å².